The fourth-order valence-electron chi connectivity index (χ4n) is 2.47. The Kier molecular flexibility index (Phi) is 5.52. The summed E-state index contributed by atoms with van der Waals surface area (Å²) >= 11 is 0. The summed E-state index contributed by atoms with van der Waals surface area (Å²) < 4.78 is 28.4. The third kappa shape index (κ3) is 5.53. The average Bonchev–Trinajstić information content (AvgIpc) is 2.44. The normalized spacial score (nSPS) is 15.5. The van der Waals surface area contributed by atoms with Crippen molar-refractivity contribution >= 4 is 15.9 Å². The molecule has 1 aromatic rings. The smallest absolute Gasteiger partial charge is 0.407 e. The number of carbonyl (C=O) groups is 1. The van der Waals surface area contributed by atoms with Crippen LogP contribution in [0.1, 0.15) is 32.0 Å². The molecule has 0 fully saturated rings. The van der Waals surface area contributed by atoms with E-state index < -0.39 is 27.1 Å². The largest absolute Gasteiger partial charge is 0.444 e. The summed E-state index contributed by atoms with van der Waals surface area (Å²) in [7, 11) is -3.58. The number of hydrogen-bond acceptors (Lipinski definition) is 7. The Morgan fingerprint density at radius 1 is 1.40 bits per heavy atom. The maximum absolute atomic E-state index is 12.0. The Bertz CT molecular complexity index is 810. The SMILES string of the molecule is CC(C)(C)OC(=O)NCCN1CCc2c(nc(S(C)(=O)=O)[nH]c2=O)C1. The van der Waals surface area contributed by atoms with Gasteiger partial charge >= 0.3 is 6.09 Å². The molecule has 0 aromatic carbocycles. The van der Waals surface area contributed by atoms with Crippen LogP contribution in [-0.2, 0) is 27.5 Å². The molecule has 25 heavy (non-hydrogen) atoms. The molecular weight excluding hydrogens is 348 g/mol. The van der Waals surface area contributed by atoms with Crippen LogP contribution in [-0.4, -0.2) is 60.9 Å². The summed E-state index contributed by atoms with van der Waals surface area (Å²) in [6.45, 7) is 7.28. The minimum Gasteiger partial charge on any atom is -0.444 e. The van der Waals surface area contributed by atoms with E-state index in [1.807, 2.05) is 4.90 Å². The van der Waals surface area contributed by atoms with Crippen LogP contribution in [0.25, 0.3) is 0 Å². The highest BCUT2D eigenvalue weighted by atomic mass is 32.2. The van der Waals surface area contributed by atoms with Gasteiger partial charge in [-0.1, -0.05) is 0 Å². The van der Waals surface area contributed by atoms with E-state index in [1.54, 1.807) is 20.8 Å². The quantitative estimate of drug-likeness (QED) is 0.717. The van der Waals surface area contributed by atoms with E-state index in [-0.39, 0.29) is 5.16 Å². The number of H-pyrrole nitrogens is 1. The van der Waals surface area contributed by atoms with Crippen LogP contribution in [0.3, 0.4) is 0 Å². The van der Waals surface area contributed by atoms with Crippen molar-refractivity contribution in [2.45, 2.75) is 44.5 Å². The molecule has 10 heteroatoms. The molecule has 2 heterocycles. The van der Waals surface area contributed by atoms with Gasteiger partial charge in [-0.15, -0.1) is 0 Å². The standard InChI is InChI=1S/C15H24N4O5S/c1-15(2,3)24-14(21)16-6-8-19-7-5-10-11(9-19)17-13(18-12(10)20)25(4,22)23/h5-9H2,1-4H3,(H,16,21)(H,17,18,20). The molecule has 1 aliphatic heterocycles. The summed E-state index contributed by atoms with van der Waals surface area (Å²) in [5.41, 5.74) is 0.0228. The monoisotopic (exact) mass is 372 g/mol. The summed E-state index contributed by atoms with van der Waals surface area (Å²) in [5.74, 6) is 0. The molecule has 9 nitrogen and oxygen atoms in total. The van der Waals surface area contributed by atoms with Gasteiger partial charge in [0.15, 0.2) is 0 Å². The number of rotatable bonds is 4. The van der Waals surface area contributed by atoms with E-state index in [4.69, 9.17) is 4.74 Å². The Morgan fingerprint density at radius 2 is 2.08 bits per heavy atom. The first-order valence-corrected chi connectivity index (χ1v) is 9.86. The van der Waals surface area contributed by atoms with Crippen LogP contribution in [0.2, 0.25) is 0 Å². The van der Waals surface area contributed by atoms with Gasteiger partial charge in [0.1, 0.15) is 5.60 Å². The molecule has 0 spiro atoms. The first kappa shape index (κ1) is 19.4. The van der Waals surface area contributed by atoms with E-state index >= 15 is 0 Å². The number of nitrogens with zero attached hydrogens (tertiary/aromatic N) is 2. The van der Waals surface area contributed by atoms with Gasteiger partial charge in [-0.25, -0.2) is 18.2 Å². The number of sulfone groups is 1. The lowest BCUT2D eigenvalue weighted by Crippen LogP contribution is -2.41. The number of nitrogens with one attached hydrogen (secondary N) is 2. The zero-order valence-electron chi connectivity index (χ0n) is 14.9. The molecule has 0 atom stereocenters. The van der Waals surface area contributed by atoms with Crippen LogP contribution in [0.4, 0.5) is 4.79 Å². The number of aromatic amines is 1. The highest BCUT2D eigenvalue weighted by molar-refractivity contribution is 7.90. The predicted octanol–water partition coefficient (Wildman–Crippen LogP) is 0.0562. The number of amides is 1. The molecule has 0 saturated carbocycles. The average molecular weight is 372 g/mol. The molecule has 0 unspecified atom stereocenters. The molecule has 1 aliphatic rings. The molecule has 140 valence electrons. The van der Waals surface area contributed by atoms with E-state index in [0.29, 0.717) is 43.9 Å². The Balaban J connectivity index is 1.98. The van der Waals surface area contributed by atoms with Crippen molar-refractivity contribution in [2.24, 2.45) is 0 Å². The Morgan fingerprint density at radius 3 is 2.68 bits per heavy atom. The lowest BCUT2D eigenvalue weighted by Gasteiger charge is -2.27. The van der Waals surface area contributed by atoms with Crippen LogP contribution in [0.5, 0.6) is 0 Å². The van der Waals surface area contributed by atoms with Crippen molar-refractivity contribution < 1.29 is 17.9 Å². The van der Waals surface area contributed by atoms with Crippen molar-refractivity contribution in [2.75, 3.05) is 25.9 Å². The van der Waals surface area contributed by atoms with E-state index in [0.717, 1.165) is 6.26 Å². The molecule has 2 rings (SSSR count). The Hall–Kier alpha value is -1.94. The second kappa shape index (κ2) is 7.12. The van der Waals surface area contributed by atoms with Gasteiger partial charge in [-0.2, -0.15) is 0 Å². The van der Waals surface area contributed by atoms with Gasteiger partial charge in [0, 0.05) is 38.0 Å². The van der Waals surface area contributed by atoms with Gasteiger partial charge in [0.2, 0.25) is 15.0 Å². The van der Waals surface area contributed by atoms with Crippen molar-refractivity contribution in [1.82, 2.24) is 20.2 Å². The lowest BCUT2D eigenvalue weighted by molar-refractivity contribution is 0.0521. The zero-order valence-corrected chi connectivity index (χ0v) is 15.7. The molecule has 2 N–H and O–H groups in total. The first-order valence-electron chi connectivity index (χ1n) is 7.97. The number of hydrogen-bond donors (Lipinski definition) is 2. The highest BCUT2D eigenvalue weighted by Crippen LogP contribution is 2.14. The number of aromatic nitrogens is 2. The van der Waals surface area contributed by atoms with Gasteiger partial charge in [0.25, 0.3) is 5.56 Å². The fraction of sp³-hybridized carbons (Fsp3) is 0.667. The molecule has 0 radical (unpaired) electrons. The van der Waals surface area contributed by atoms with E-state index in [1.165, 1.54) is 0 Å². The molecule has 0 aliphatic carbocycles. The van der Waals surface area contributed by atoms with E-state index in [2.05, 4.69) is 15.3 Å². The number of alkyl carbamates (subject to hydrolysis) is 1. The lowest BCUT2D eigenvalue weighted by atomic mass is 10.1. The third-order valence-electron chi connectivity index (χ3n) is 3.58. The summed E-state index contributed by atoms with van der Waals surface area (Å²) in [5, 5.41) is 2.36. The zero-order chi connectivity index (χ0) is 18.8. The molecule has 1 aromatic heterocycles. The second-order valence-corrected chi connectivity index (χ2v) is 8.95. The van der Waals surface area contributed by atoms with Crippen molar-refractivity contribution in [3.8, 4) is 0 Å². The minimum absolute atomic E-state index is 0.315. The van der Waals surface area contributed by atoms with Gasteiger partial charge in [-0.3, -0.25) is 14.7 Å². The summed E-state index contributed by atoms with van der Waals surface area (Å²) in [6, 6.07) is 0. The fourth-order valence-corrected chi connectivity index (χ4v) is 3.02. The van der Waals surface area contributed by atoms with Gasteiger partial charge < -0.3 is 10.1 Å². The van der Waals surface area contributed by atoms with Crippen LogP contribution in [0, 0.1) is 0 Å². The Labute approximate surface area is 146 Å². The summed E-state index contributed by atoms with van der Waals surface area (Å²) in [6.07, 6.45) is 0.996. The maximum Gasteiger partial charge on any atom is 0.407 e. The molecule has 0 saturated heterocycles. The van der Waals surface area contributed by atoms with Crippen molar-refractivity contribution in [3.63, 3.8) is 0 Å². The van der Waals surface area contributed by atoms with Crippen LogP contribution < -0.4 is 10.9 Å². The number of ether oxygens (including phenoxy) is 1. The molecule has 1 amide bonds. The third-order valence-corrected chi connectivity index (χ3v) is 4.47. The van der Waals surface area contributed by atoms with E-state index in [9.17, 15) is 18.0 Å². The topological polar surface area (TPSA) is 121 Å². The second-order valence-electron chi connectivity index (χ2n) is 7.02. The minimum atomic E-state index is -3.58. The van der Waals surface area contributed by atoms with Crippen molar-refractivity contribution in [1.29, 1.82) is 0 Å². The van der Waals surface area contributed by atoms with Gasteiger partial charge in [-0.05, 0) is 27.2 Å². The molecular formula is C15H24N4O5S. The highest BCUT2D eigenvalue weighted by Gasteiger charge is 2.23. The first-order chi connectivity index (χ1) is 11.5. The van der Waals surface area contributed by atoms with Crippen LogP contribution >= 0.6 is 0 Å². The predicted molar refractivity (Wildman–Crippen MR) is 91.2 cm³/mol. The molecule has 0 bridgehead atoms. The van der Waals surface area contributed by atoms with Crippen molar-refractivity contribution in [3.05, 3.63) is 21.6 Å². The number of carbonyl (C=O) groups excluding carboxylic acids is 1. The van der Waals surface area contributed by atoms with Gasteiger partial charge in [0.05, 0.1) is 5.69 Å². The number of fused-ring (bicyclic) bond motifs is 1. The summed E-state index contributed by atoms with van der Waals surface area (Å²) in [4.78, 5) is 32.1. The maximum atomic E-state index is 12.0. The van der Waals surface area contributed by atoms with Crippen LogP contribution in [0.15, 0.2) is 9.95 Å².